The quantitative estimate of drug-likeness (QED) is 0.634. The van der Waals surface area contributed by atoms with Crippen molar-refractivity contribution in [3.63, 3.8) is 0 Å². The zero-order valence-electron chi connectivity index (χ0n) is 7.37. The Morgan fingerprint density at radius 1 is 1.36 bits per heavy atom. The van der Waals surface area contributed by atoms with Gasteiger partial charge < -0.3 is 9.47 Å². The number of alkyl halides is 1. The third-order valence-electron chi connectivity index (χ3n) is 1.44. The first-order chi connectivity index (χ1) is 6.63. The van der Waals surface area contributed by atoms with E-state index in [-0.39, 0.29) is 0 Å². The Morgan fingerprint density at radius 3 is 2.43 bits per heavy atom. The number of rotatable bonds is 3. The number of hydrogen-bond acceptors (Lipinski definition) is 3. The lowest BCUT2D eigenvalue weighted by atomic mass is 10.3. The molecule has 1 aromatic carbocycles. The van der Waals surface area contributed by atoms with Crippen molar-refractivity contribution < 1.29 is 14.3 Å². The van der Waals surface area contributed by atoms with Gasteiger partial charge in [-0.15, -0.1) is 0 Å². The van der Waals surface area contributed by atoms with E-state index in [1.807, 2.05) is 12.1 Å². The summed E-state index contributed by atoms with van der Waals surface area (Å²) in [5.74, 6) is 0.133. The number of carbonyl (C=O) groups is 1. The summed E-state index contributed by atoms with van der Waals surface area (Å²) < 4.78 is 10.7. The average molecular weight is 324 g/mol. The normalized spacial score (nSPS) is 11.9. The van der Waals surface area contributed by atoms with E-state index in [0.717, 1.165) is 4.47 Å². The number of esters is 1. The number of hydrogen-bond donors (Lipinski definition) is 0. The lowest BCUT2D eigenvalue weighted by Gasteiger charge is -2.10. The van der Waals surface area contributed by atoms with Crippen molar-refractivity contribution in [2.45, 2.75) is 5.01 Å². The molecule has 0 radical (unpaired) electrons. The van der Waals surface area contributed by atoms with Gasteiger partial charge in [0.25, 0.3) is 0 Å². The van der Waals surface area contributed by atoms with Gasteiger partial charge in [0.2, 0.25) is 5.01 Å². The second-order valence-corrected chi connectivity index (χ2v) is 4.16. The van der Waals surface area contributed by atoms with E-state index in [0.29, 0.717) is 5.75 Å². The number of benzene rings is 1. The van der Waals surface area contributed by atoms with Gasteiger partial charge in [-0.25, -0.2) is 4.79 Å². The summed E-state index contributed by atoms with van der Waals surface area (Å²) in [5, 5.41) is -0.770. The van der Waals surface area contributed by atoms with Gasteiger partial charge in [0, 0.05) is 4.47 Å². The van der Waals surface area contributed by atoms with Crippen LogP contribution in [0.1, 0.15) is 0 Å². The molecule has 0 aliphatic heterocycles. The number of methoxy groups -OCH3 is 1. The van der Waals surface area contributed by atoms with Gasteiger partial charge in [0.15, 0.2) is 0 Å². The second kappa shape index (κ2) is 5.36. The van der Waals surface area contributed by atoms with E-state index in [2.05, 4.69) is 36.6 Å². The molecule has 14 heavy (non-hydrogen) atoms. The SMILES string of the molecule is COC(=O)C(Br)Oc1ccc(Br)cc1. The molecular formula is C9H8Br2O3. The highest BCUT2D eigenvalue weighted by molar-refractivity contribution is 9.10. The molecule has 0 aliphatic rings. The molecule has 76 valence electrons. The maximum atomic E-state index is 11.0. The fraction of sp³-hybridized carbons (Fsp3) is 0.222. The van der Waals surface area contributed by atoms with Gasteiger partial charge in [-0.1, -0.05) is 15.9 Å². The lowest BCUT2D eigenvalue weighted by Crippen LogP contribution is -2.21. The van der Waals surface area contributed by atoms with Crippen molar-refractivity contribution in [1.29, 1.82) is 0 Å². The van der Waals surface area contributed by atoms with E-state index in [9.17, 15) is 4.79 Å². The largest absolute Gasteiger partial charge is 0.467 e. The van der Waals surface area contributed by atoms with E-state index in [1.165, 1.54) is 7.11 Å². The van der Waals surface area contributed by atoms with Crippen LogP contribution in [0.3, 0.4) is 0 Å². The van der Waals surface area contributed by atoms with Crippen molar-refractivity contribution >= 4 is 37.8 Å². The van der Waals surface area contributed by atoms with Crippen molar-refractivity contribution in [3.8, 4) is 5.75 Å². The molecule has 1 atom stereocenters. The van der Waals surface area contributed by atoms with Crippen molar-refractivity contribution in [2.24, 2.45) is 0 Å². The molecule has 1 rings (SSSR count). The lowest BCUT2D eigenvalue weighted by molar-refractivity contribution is -0.144. The molecule has 0 saturated heterocycles. The first-order valence-corrected chi connectivity index (χ1v) is 5.48. The number of ether oxygens (including phenoxy) is 2. The minimum Gasteiger partial charge on any atom is -0.467 e. The third kappa shape index (κ3) is 3.31. The first-order valence-electron chi connectivity index (χ1n) is 3.77. The van der Waals surface area contributed by atoms with Crippen molar-refractivity contribution in [1.82, 2.24) is 0 Å². The summed E-state index contributed by atoms with van der Waals surface area (Å²) in [6.07, 6.45) is 0. The molecule has 0 N–H and O–H groups in total. The van der Waals surface area contributed by atoms with Gasteiger partial charge in [0.05, 0.1) is 7.11 Å². The number of halogens is 2. The van der Waals surface area contributed by atoms with Crippen LogP contribution in [-0.4, -0.2) is 18.1 Å². The van der Waals surface area contributed by atoms with Crippen LogP contribution in [0.2, 0.25) is 0 Å². The van der Waals surface area contributed by atoms with E-state index in [1.54, 1.807) is 12.1 Å². The zero-order valence-corrected chi connectivity index (χ0v) is 10.5. The highest BCUT2D eigenvalue weighted by Crippen LogP contribution is 2.19. The highest BCUT2D eigenvalue weighted by Gasteiger charge is 2.16. The van der Waals surface area contributed by atoms with Gasteiger partial charge in [-0.2, -0.15) is 0 Å². The molecule has 0 spiro atoms. The molecule has 0 bridgehead atoms. The molecular weight excluding hydrogens is 316 g/mol. The molecule has 0 saturated carbocycles. The highest BCUT2D eigenvalue weighted by atomic mass is 79.9. The molecule has 1 aromatic rings. The number of carbonyl (C=O) groups excluding carboxylic acids is 1. The average Bonchev–Trinajstić information content (AvgIpc) is 2.20. The van der Waals surface area contributed by atoms with Crippen LogP contribution in [0.25, 0.3) is 0 Å². The second-order valence-electron chi connectivity index (χ2n) is 2.41. The van der Waals surface area contributed by atoms with E-state index >= 15 is 0 Å². The summed E-state index contributed by atoms with van der Waals surface area (Å²) >= 11 is 6.35. The molecule has 5 heteroatoms. The Labute approximate surface area is 98.6 Å². The van der Waals surface area contributed by atoms with E-state index in [4.69, 9.17) is 4.74 Å². The molecule has 0 aromatic heterocycles. The van der Waals surface area contributed by atoms with E-state index < -0.39 is 11.0 Å². The van der Waals surface area contributed by atoms with Crippen molar-refractivity contribution in [2.75, 3.05) is 7.11 Å². The molecule has 0 aliphatic carbocycles. The monoisotopic (exact) mass is 322 g/mol. The Bertz CT molecular complexity index is 310. The Morgan fingerprint density at radius 2 is 1.93 bits per heavy atom. The third-order valence-corrected chi connectivity index (χ3v) is 2.53. The minimum absolute atomic E-state index is 0.465. The van der Waals surface area contributed by atoms with Gasteiger partial charge in [-0.3, -0.25) is 0 Å². The molecule has 0 amide bonds. The Hall–Kier alpha value is -0.550. The summed E-state index contributed by atoms with van der Waals surface area (Å²) in [6.45, 7) is 0. The smallest absolute Gasteiger partial charge is 0.358 e. The maximum Gasteiger partial charge on any atom is 0.358 e. The predicted octanol–water partition coefficient (Wildman–Crippen LogP) is 2.72. The fourth-order valence-electron chi connectivity index (χ4n) is 0.773. The van der Waals surface area contributed by atoms with Crippen LogP contribution in [0, 0.1) is 0 Å². The standard InChI is InChI=1S/C9H8Br2O3/c1-13-9(12)8(11)14-7-4-2-6(10)3-5-7/h2-5,8H,1H3. The van der Waals surface area contributed by atoms with Crippen LogP contribution < -0.4 is 4.74 Å². The first kappa shape index (κ1) is 11.5. The topological polar surface area (TPSA) is 35.5 Å². The van der Waals surface area contributed by atoms with Crippen LogP contribution in [0.15, 0.2) is 28.7 Å². The fourth-order valence-corrected chi connectivity index (χ4v) is 1.44. The molecule has 3 nitrogen and oxygen atoms in total. The van der Waals surface area contributed by atoms with Crippen LogP contribution in [0.5, 0.6) is 5.75 Å². The molecule has 0 fully saturated rings. The Kier molecular flexibility index (Phi) is 4.41. The zero-order chi connectivity index (χ0) is 10.6. The predicted molar refractivity (Wildman–Crippen MR) is 59.5 cm³/mol. The van der Waals surface area contributed by atoms with Crippen LogP contribution in [-0.2, 0) is 9.53 Å². The summed E-state index contributed by atoms with van der Waals surface area (Å²) in [4.78, 5) is 11.0. The summed E-state index contributed by atoms with van der Waals surface area (Å²) in [7, 11) is 1.31. The van der Waals surface area contributed by atoms with Crippen molar-refractivity contribution in [3.05, 3.63) is 28.7 Å². The minimum atomic E-state index is -0.770. The Balaban J connectivity index is 2.60. The maximum absolute atomic E-state index is 11.0. The van der Waals surface area contributed by atoms with Gasteiger partial charge >= 0.3 is 5.97 Å². The van der Waals surface area contributed by atoms with Gasteiger partial charge in [-0.05, 0) is 40.2 Å². The van der Waals surface area contributed by atoms with Crippen LogP contribution >= 0.6 is 31.9 Å². The summed E-state index contributed by atoms with van der Waals surface area (Å²) in [6, 6.07) is 7.15. The molecule has 0 heterocycles. The van der Waals surface area contributed by atoms with Gasteiger partial charge in [0.1, 0.15) is 5.75 Å². The molecule has 1 unspecified atom stereocenters. The van der Waals surface area contributed by atoms with Crippen LogP contribution in [0.4, 0.5) is 0 Å². The summed E-state index contributed by atoms with van der Waals surface area (Å²) in [5.41, 5.74) is 0.